The number of likely N-dealkylation sites (tertiary alicyclic amines) is 1. The van der Waals surface area contributed by atoms with E-state index in [0.717, 1.165) is 24.2 Å². The van der Waals surface area contributed by atoms with Crippen molar-refractivity contribution in [1.82, 2.24) is 9.80 Å². The second-order valence-electron chi connectivity index (χ2n) is 7.64. The number of piperidine rings is 1. The van der Waals surface area contributed by atoms with Gasteiger partial charge in [-0.05, 0) is 77.0 Å². The Morgan fingerprint density at radius 2 is 1.80 bits per heavy atom. The van der Waals surface area contributed by atoms with Crippen molar-refractivity contribution in [2.24, 2.45) is 17.8 Å². The maximum Gasteiger partial charge on any atom is 0.0695 e. The monoisotopic (exact) mass is 282 g/mol. The predicted octanol–water partition coefficient (Wildman–Crippen LogP) is 2.45. The lowest BCUT2D eigenvalue weighted by atomic mass is 9.77. The van der Waals surface area contributed by atoms with Gasteiger partial charge >= 0.3 is 0 Å². The first kappa shape index (κ1) is 16.3. The maximum atomic E-state index is 10.4. The average Bonchev–Trinajstić information content (AvgIpc) is 2.41. The van der Waals surface area contributed by atoms with Gasteiger partial charge in [0.25, 0.3) is 0 Å². The highest BCUT2D eigenvalue weighted by Gasteiger charge is 2.33. The van der Waals surface area contributed by atoms with Gasteiger partial charge in [-0.3, -0.25) is 0 Å². The molecule has 2 fully saturated rings. The number of aliphatic hydroxyl groups excluding tert-OH is 1. The fourth-order valence-corrected chi connectivity index (χ4v) is 4.03. The van der Waals surface area contributed by atoms with E-state index in [2.05, 4.69) is 37.7 Å². The van der Waals surface area contributed by atoms with Crippen LogP contribution in [0.5, 0.6) is 0 Å². The normalized spacial score (nSPS) is 34.0. The van der Waals surface area contributed by atoms with Gasteiger partial charge in [0.2, 0.25) is 0 Å². The topological polar surface area (TPSA) is 26.7 Å². The van der Waals surface area contributed by atoms with Crippen LogP contribution in [-0.2, 0) is 0 Å². The summed E-state index contributed by atoms with van der Waals surface area (Å²) in [6.45, 7) is 8.30. The van der Waals surface area contributed by atoms with E-state index in [1.54, 1.807) is 0 Å². The zero-order valence-corrected chi connectivity index (χ0v) is 13.9. The van der Waals surface area contributed by atoms with Crippen LogP contribution in [0, 0.1) is 17.8 Å². The molecule has 1 saturated carbocycles. The van der Waals surface area contributed by atoms with Gasteiger partial charge in [-0.25, -0.2) is 0 Å². The summed E-state index contributed by atoms with van der Waals surface area (Å²) in [5, 5.41) is 10.4. The summed E-state index contributed by atoms with van der Waals surface area (Å²) in [5.41, 5.74) is 0. The molecule has 2 rings (SSSR count). The van der Waals surface area contributed by atoms with Crippen LogP contribution in [0.25, 0.3) is 0 Å². The molecule has 0 aromatic heterocycles. The minimum atomic E-state index is -0.110. The van der Waals surface area contributed by atoms with Gasteiger partial charge in [-0.2, -0.15) is 0 Å². The SMILES string of the molecule is CC(C)C1CCC(O)C(N(C)CC2CCN(C)CC2)C1. The zero-order chi connectivity index (χ0) is 14.7. The summed E-state index contributed by atoms with van der Waals surface area (Å²) >= 11 is 0. The third kappa shape index (κ3) is 4.19. The lowest BCUT2D eigenvalue weighted by Crippen LogP contribution is -2.48. The molecule has 1 aliphatic carbocycles. The molecular formula is C17H34N2O. The Hall–Kier alpha value is -0.120. The van der Waals surface area contributed by atoms with Gasteiger partial charge in [-0.1, -0.05) is 13.8 Å². The van der Waals surface area contributed by atoms with E-state index < -0.39 is 0 Å². The van der Waals surface area contributed by atoms with Crippen LogP contribution in [0.4, 0.5) is 0 Å². The fraction of sp³-hybridized carbons (Fsp3) is 1.00. The van der Waals surface area contributed by atoms with Crippen molar-refractivity contribution in [2.75, 3.05) is 33.7 Å². The molecule has 1 saturated heterocycles. The van der Waals surface area contributed by atoms with Crippen molar-refractivity contribution in [1.29, 1.82) is 0 Å². The third-order valence-corrected chi connectivity index (χ3v) is 5.71. The van der Waals surface area contributed by atoms with E-state index >= 15 is 0 Å². The summed E-state index contributed by atoms with van der Waals surface area (Å²) in [5.74, 6) is 2.37. The highest BCUT2D eigenvalue weighted by atomic mass is 16.3. The molecular weight excluding hydrogens is 248 g/mol. The molecule has 0 bridgehead atoms. The molecule has 20 heavy (non-hydrogen) atoms. The predicted molar refractivity (Wildman–Crippen MR) is 84.8 cm³/mol. The molecule has 0 aromatic carbocycles. The molecule has 3 atom stereocenters. The van der Waals surface area contributed by atoms with Gasteiger partial charge in [-0.15, -0.1) is 0 Å². The van der Waals surface area contributed by atoms with Crippen molar-refractivity contribution < 1.29 is 5.11 Å². The number of aliphatic hydroxyl groups is 1. The van der Waals surface area contributed by atoms with Crippen LogP contribution < -0.4 is 0 Å². The molecule has 3 unspecified atom stereocenters. The van der Waals surface area contributed by atoms with Crippen molar-refractivity contribution in [2.45, 2.75) is 58.1 Å². The van der Waals surface area contributed by atoms with E-state index in [9.17, 15) is 5.11 Å². The highest BCUT2D eigenvalue weighted by Crippen LogP contribution is 2.33. The standard InChI is InChI=1S/C17H34N2O/c1-13(2)15-5-6-17(20)16(11-15)19(4)12-14-7-9-18(3)10-8-14/h13-17,20H,5-12H2,1-4H3. The maximum absolute atomic E-state index is 10.4. The second kappa shape index (κ2) is 7.24. The molecule has 0 spiro atoms. The Morgan fingerprint density at radius 1 is 1.15 bits per heavy atom. The summed E-state index contributed by atoms with van der Waals surface area (Å²) in [6.07, 6.45) is 5.90. The van der Waals surface area contributed by atoms with E-state index in [0.29, 0.717) is 6.04 Å². The number of hydrogen-bond acceptors (Lipinski definition) is 3. The van der Waals surface area contributed by atoms with Gasteiger partial charge < -0.3 is 14.9 Å². The number of likely N-dealkylation sites (N-methyl/N-ethyl adjacent to an activating group) is 1. The van der Waals surface area contributed by atoms with Crippen LogP contribution >= 0.6 is 0 Å². The molecule has 1 N–H and O–H groups in total. The molecule has 2 aliphatic rings. The van der Waals surface area contributed by atoms with E-state index in [1.807, 2.05) is 0 Å². The van der Waals surface area contributed by atoms with Crippen LogP contribution in [0.15, 0.2) is 0 Å². The van der Waals surface area contributed by atoms with E-state index in [-0.39, 0.29) is 6.10 Å². The number of rotatable bonds is 4. The minimum absolute atomic E-state index is 0.110. The number of hydrogen-bond donors (Lipinski definition) is 1. The quantitative estimate of drug-likeness (QED) is 0.858. The second-order valence-corrected chi connectivity index (χ2v) is 7.64. The lowest BCUT2D eigenvalue weighted by Gasteiger charge is -2.42. The molecule has 1 heterocycles. The fourth-order valence-electron chi connectivity index (χ4n) is 4.03. The van der Waals surface area contributed by atoms with Crippen molar-refractivity contribution in [3.8, 4) is 0 Å². The van der Waals surface area contributed by atoms with Crippen LogP contribution in [0.2, 0.25) is 0 Å². The Morgan fingerprint density at radius 3 is 2.40 bits per heavy atom. The van der Waals surface area contributed by atoms with Crippen molar-refractivity contribution in [3.05, 3.63) is 0 Å². The Bertz CT molecular complexity index is 287. The Kier molecular flexibility index (Phi) is 5.88. The molecule has 0 aromatic rings. The average molecular weight is 282 g/mol. The first-order valence-corrected chi connectivity index (χ1v) is 8.54. The molecule has 0 amide bonds. The smallest absolute Gasteiger partial charge is 0.0695 e. The summed E-state index contributed by atoms with van der Waals surface area (Å²) in [6, 6.07) is 0.385. The van der Waals surface area contributed by atoms with Gasteiger partial charge in [0.05, 0.1) is 6.10 Å². The van der Waals surface area contributed by atoms with Crippen LogP contribution in [0.1, 0.15) is 46.0 Å². The number of nitrogens with zero attached hydrogens (tertiary/aromatic N) is 2. The molecule has 1 aliphatic heterocycles. The van der Waals surface area contributed by atoms with E-state index in [4.69, 9.17) is 0 Å². The first-order chi connectivity index (χ1) is 9.47. The summed E-state index contributed by atoms with van der Waals surface area (Å²) in [4.78, 5) is 4.90. The molecule has 118 valence electrons. The largest absolute Gasteiger partial charge is 0.391 e. The molecule has 3 heteroatoms. The molecule has 0 radical (unpaired) electrons. The lowest BCUT2D eigenvalue weighted by molar-refractivity contribution is -0.00245. The van der Waals surface area contributed by atoms with E-state index in [1.165, 1.54) is 45.3 Å². The molecule has 3 nitrogen and oxygen atoms in total. The zero-order valence-electron chi connectivity index (χ0n) is 13.9. The summed E-state index contributed by atoms with van der Waals surface area (Å²) < 4.78 is 0. The first-order valence-electron chi connectivity index (χ1n) is 8.54. The summed E-state index contributed by atoms with van der Waals surface area (Å²) in [7, 11) is 4.45. The van der Waals surface area contributed by atoms with Crippen molar-refractivity contribution >= 4 is 0 Å². The Labute approximate surface area is 125 Å². The van der Waals surface area contributed by atoms with Gasteiger partial charge in [0.15, 0.2) is 0 Å². The third-order valence-electron chi connectivity index (χ3n) is 5.71. The van der Waals surface area contributed by atoms with Crippen LogP contribution in [0.3, 0.4) is 0 Å². The van der Waals surface area contributed by atoms with Gasteiger partial charge in [0, 0.05) is 12.6 Å². The Balaban J connectivity index is 1.85. The van der Waals surface area contributed by atoms with Crippen LogP contribution in [-0.4, -0.2) is 60.8 Å². The highest BCUT2D eigenvalue weighted by molar-refractivity contribution is 4.88. The van der Waals surface area contributed by atoms with Crippen molar-refractivity contribution in [3.63, 3.8) is 0 Å². The minimum Gasteiger partial charge on any atom is -0.391 e. The van der Waals surface area contributed by atoms with Gasteiger partial charge in [0.1, 0.15) is 0 Å².